The molecule has 6 nitrogen and oxygen atoms in total. The van der Waals surface area contributed by atoms with Crippen molar-refractivity contribution in [1.29, 1.82) is 0 Å². The molecule has 2 heterocycles. The molecular formula is C19H23N5O. The number of piperazine rings is 1. The minimum Gasteiger partial charge on any atom is -0.369 e. The van der Waals surface area contributed by atoms with Gasteiger partial charge in [-0.25, -0.2) is 5.43 Å². The van der Waals surface area contributed by atoms with Crippen LogP contribution in [0.25, 0.3) is 0 Å². The minimum absolute atomic E-state index is 0.0642. The molecule has 0 radical (unpaired) electrons. The molecule has 1 N–H and O–H groups in total. The van der Waals surface area contributed by atoms with Gasteiger partial charge in [-0.3, -0.25) is 14.7 Å². The molecule has 0 atom stereocenters. The van der Waals surface area contributed by atoms with E-state index in [2.05, 4.69) is 49.6 Å². The lowest BCUT2D eigenvalue weighted by molar-refractivity contribution is -0.121. The number of anilines is 1. The smallest absolute Gasteiger partial charge is 0.241 e. The molecule has 1 aliphatic heterocycles. The minimum atomic E-state index is -0.0642. The van der Waals surface area contributed by atoms with Crippen molar-refractivity contribution in [3.8, 4) is 0 Å². The molecule has 1 fully saturated rings. The van der Waals surface area contributed by atoms with Gasteiger partial charge in [0.1, 0.15) is 0 Å². The maximum atomic E-state index is 11.9. The van der Waals surface area contributed by atoms with Gasteiger partial charge in [0.25, 0.3) is 0 Å². The zero-order chi connectivity index (χ0) is 17.3. The fourth-order valence-electron chi connectivity index (χ4n) is 2.82. The van der Waals surface area contributed by atoms with Crippen molar-refractivity contribution in [2.75, 3.05) is 37.6 Å². The monoisotopic (exact) mass is 337 g/mol. The third-order valence-electron chi connectivity index (χ3n) is 4.24. The molecule has 130 valence electrons. The second kappa shape index (κ2) is 8.94. The first-order valence-corrected chi connectivity index (χ1v) is 8.55. The SMILES string of the molecule is O=C(CCN1CCN(c2ccccc2)CC1)N/N=C\c1cccnc1. The van der Waals surface area contributed by atoms with Crippen LogP contribution in [0.5, 0.6) is 0 Å². The van der Waals surface area contributed by atoms with Crippen LogP contribution in [0.4, 0.5) is 5.69 Å². The molecule has 1 saturated heterocycles. The second-order valence-electron chi connectivity index (χ2n) is 5.99. The number of hydrogen-bond donors (Lipinski definition) is 1. The van der Waals surface area contributed by atoms with Crippen LogP contribution in [0.1, 0.15) is 12.0 Å². The predicted octanol–water partition coefficient (Wildman–Crippen LogP) is 1.74. The van der Waals surface area contributed by atoms with E-state index in [9.17, 15) is 4.79 Å². The molecule has 0 saturated carbocycles. The molecule has 0 spiro atoms. The zero-order valence-corrected chi connectivity index (χ0v) is 14.2. The lowest BCUT2D eigenvalue weighted by Crippen LogP contribution is -2.47. The summed E-state index contributed by atoms with van der Waals surface area (Å²) in [7, 11) is 0. The number of amides is 1. The fourth-order valence-corrected chi connectivity index (χ4v) is 2.82. The Bertz CT molecular complexity index is 681. The normalized spacial score (nSPS) is 15.4. The van der Waals surface area contributed by atoms with Crippen molar-refractivity contribution >= 4 is 17.8 Å². The molecule has 3 rings (SSSR count). The Hall–Kier alpha value is -2.73. The number of pyridine rings is 1. The van der Waals surface area contributed by atoms with Crippen LogP contribution in [0.15, 0.2) is 60.0 Å². The van der Waals surface area contributed by atoms with Gasteiger partial charge in [-0.15, -0.1) is 0 Å². The van der Waals surface area contributed by atoms with Gasteiger partial charge >= 0.3 is 0 Å². The van der Waals surface area contributed by atoms with E-state index < -0.39 is 0 Å². The molecule has 1 aliphatic rings. The molecule has 1 aromatic carbocycles. The Balaban J connectivity index is 1.35. The maximum Gasteiger partial charge on any atom is 0.241 e. The Morgan fingerprint density at radius 3 is 2.64 bits per heavy atom. The van der Waals surface area contributed by atoms with E-state index in [-0.39, 0.29) is 5.91 Å². The van der Waals surface area contributed by atoms with Crippen molar-refractivity contribution in [1.82, 2.24) is 15.3 Å². The van der Waals surface area contributed by atoms with Gasteiger partial charge in [-0.1, -0.05) is 24.3 Å². The van der Waals surface area contributed by atoms with Gasteiger partial charge in [0.05, 0.1) is 6.21 Å². The average Bonchev–Trinajstić information content (AvgIpc) is 2.68. The van der Waals surface area contributed by atoms with Crippen LogP contribution in [0.3, 0.4) is 0 Å². The summed E-state index contributed by atoms with van der Waals surface area (Å²) < 4.78 is 0. The number of carbonyl (C=O) groups is 1. The lowest BCUT2D eigenvalue weighted by Gasteiger charge is -2.36. The van der Waals surface area contributed by atoms with Crippen LogP contribution in [-0.4, -0.2) is 54.7 Å². The third kappa shape index (κ3) is 5.39. The second-order valence-corrected chi connectivity index (χ2v) is 5.99. The summed E-state index contributed by atoms with van der Waals surface area (Å²) in [5.41, 5.74) is 4.70. The Labute approximate surface area is 148 Å². The summed E-state index contributed by atoms with van der Waals surface area (Å²) in [5.74, 6) is -0.0642. The summed E-state index contributed by atoms with van der Waals surface area (Å²) in [6, 6.07) is 14.2. The topological polar surface area (TPSA) is 60.8 Å². The molecule has 2 aromatic rings. The number of para-hydroxylation sites is 1. The number of hydrogen-bond acceptors (Lipinski definition) is 5. The highest BCUT2D eigenvalue weighted by molar-refractivity contribution is 5.82. The van der Waals surface area contributed by atoms with Gasteiger partial charge in [0.2, 0.25) is 5.91 Å². The molecule has 6 heteroatoms. The Morgan fingerprint density at radius 1 is 1.12 bits per heavy atom. The van der Waals surface area contributed by atoms with Gasteiger partial charge in [-0.05, 0) is 18.2 Å². The first kappa shape index (κ1) is 17.1. The van der Waals surface area contributed by atoms with Crippen molar-refractivity contribution in [2.24, 2.45) is 5.10 Å². The number of hydrazone groups is 1. The molecule has 0 aliphatic carbocycles. The van der Waals surface area contributed by atoms with Crippen LogP contribution >= 0.6 is 0 Å². The van der Waals surface area contributed by atoms with E-state index in [0.29, 0.717) is 6.42 Å². The first-order chi connectivity index (χ1) is 12.3. The third-order valence-corrected chi connectivity index (χ3v) is 4.24. The summed E-state index contributed by atoms with van der Waals surface area (Å²) in [6.45, 7) is 4.69. The fraction of sp³-hybridized carbons (Fsp3) is 0.316. The molecule has 25 heavy (non-hydrogen) atoms. The highest BCUT2D eigenvalue weighted by Gasteiger charge is 2.17. The number of aromatic nitrogens is 1. The quantitative estimate of drug-likeness (QED) is 0.644. The Morgan fingerprint density at radius 2 is 1.92 bits per heavy atom. The van der Waals surface area contributed by atoms with Crippen molar-refractivity contribution in [3.05, 3.63) is 60.4 Å². The first-order valence-electron chi connectivity index (χ1n) is 8.55. The number of nitrogens with one attached hydrogen (secondary N) is 1. The number of carbonyl (C=O) groups excluding carboxylic acids is 1. The van der Waals surface area contributed by atoms with Crippen LogP contribution in [-0.2, 0) is 4.79 Å². The van der Waals surface area contributed by atoms with Gasteiger partial charge in [-0.2, -0.15) is 5.10 Å². The maximum absolute atomic E-state index is 11.9. The van der Waals surface area contributed by atoms with Crippen LogP contribution in [0.2, 0.25) is 0 Å². The largest absolute Gasteiger partial charge is 0.369 e. The summed E-state index contributed by atoms with van der Waals surface area (Å²) >= 11 is 0. The van der Waals surface area contributed by atoms with Crippen molar-refractivity contribution in [2.45, 2.75) is 6.42 Å². The van der Waals surface area contributed by atoms with Crippen LogP contribution in [0, 0.1) is 0 Å². The van der Waals surface area contributed by atoms with E-state index >= 15 is 0 Å². The van der Waals surface area contributed by atoms with E-state index in [1.54, 1.807) is 18.6 Å². The standard InChI is InChI=1S/C19H23N5O/c25-19(22-21-16-17-5-4-9-20-15-17)8-10-23-11-13-24(14-12-23)18-6-2-1-3-7-18/h1-7,9,15-16H,8,10-14H2,(H,22,25)/b21-16-. The van der Waals surface area contributed by atoms with Crippen molar-refractivity contribution < 1.29 is 4.79 Å². The zero-order valence-electron chi connectivity index (χ0n) is 14.2. The molecule has 0 bridgehead atoms. The van der Waals surface area contributed by atoms with Gasteiger partial charge in [0.15, 0.2) is 0 Å². The average molecular weight is 337 g/mol. The van der Waals surface area contributed by atoms with E-state index in [1.165, 1.54) is 5.69 Å². The highest BCUT2D eigenvalue weighted by atomic mass is 16.2. The van der Waals surface area contributed by atoms with Crippen molar-refractivity contribution in [3.63, 3.8) is 0 Å². The summed E-state index contributed by atoms with van der Waals surface area (Å²) in [6.07, 6.45) is 5.45. The number of benzene rings is 1. The van der Waals surface area contributed by atoms with E-state index in [0.717, 1.165) is 38.3 Å². The van der Waals surface area contributed by atoms with Gasteiger partial charge < -0.3 is 4.90 Å². The van der Waals surface area contributed by atoms with E-state index in [4.69, 9.17) is 0 Å². The summed E-state index contributed by atoms with van der Waals surface area (Å²) in [5, 5.41) is 3.97. The van der Waals surface area contributed by atoms with Crippen LogP contribution < -0.4 is 10.3 Å². The number of rotatable bonds is 6. The summed E-state index contributed by atoms with van der Waals surface area (Å²) in [4.78, 5) is 20.6. The highest BCUT2D eigenvalue weighted by Crippen LogP contribution is 2.15. The van der Waals surface area contributed by atoms with E-state index in [1.807, 2.05) is 18.2 Å². The molecule has 1 amide bonds. The van der Waals surface area contributed by atoms with Gasteiger partial charge in [0, 0.05) is 62.8 Å². The number of nitrogens with zero attached hydrogens (tertiary/aromatic N) is 4. The molecule has 0 unspecified atom stereocenters. The Kier molecular flexibility index (Phi) is 6.11. The molecular weight excluding hydrogens is 314 g/mol. The molecule has 1 aromatic heterocycles. The predicted molar refractivity (Wildman–Crippen MR) is 99.7 cm³/mol. The lowest BCUT2D eigenvalue weighted by atomic mass is 10.2.